The summed E-state index contributed by atoms with van der Waals surface area (Å²) < 4.78 is 6.57. The Morgan fingerprint density at radius 3 is 2.65 bits per heavy atom. The van der Waals surface area contributed by atoms with Crippen molar-refractivity contribution in [1.82, 2.24) is 19.9 Å². The van der Waals surface area contributed by atoms with E-state index in [0.717, 1.165) is 47.9 Å². The van der Waals surface area contributed by atoms with E-state index in [1.807, 2.05) is 0 Å². The summed E-state index contributed by atoms with van der Waals surface area (Å²) in [6, 6.07) is 2.09. The molecule has 1 saturated heterocycles. The summed E-state index contributed by atoms with van der Waals surface area (Å²) in [7, 11) is 0. The molecule has 0 radical (unpaired) electrons. The normalized spacial score (nSPS) is 15.3. The quantitative estimate of drug-likeness (QED) is 0.768. The van der Waals surface area contributed by atoms with Crippen LogP contribution in [0.4, 0.5) is 11.8 Å². The lowest BCUT2D eigenvalue weighted by atomic mass is 10.3. The van der Waals surface area contributed by atoms with Gasteiger partial charge in [-0.15, -0.1) is 11.3 Å². The van der Waals surface area contributed by atoms with Gasteiger partial charge >= 0.3 is 0 Å². The Bertz CT molecular complexity index is 841. The van der Waals surface area contributed by atoms with Crippen LogP contribution in [0, 0.1) is 6.92 Å². The molecule has 23 heavy (non-hydrogen) atoms. The number of rotatable bonds is 2. The van der Waals surface area contributed by atoms with E-state index in [2.05, 4.69) is 32.8 Å². The largest absolute Gasteiger partial charge is 0.378 e. The molecule has 4 heterocycles. The smallest absolute Gasteiger partial charge is 0.219 e. The number of aromatic nitrogens is 4. The summed E-state index contributed by atoms with van der Waals surface area (Å²) in [5, 5.41) is 0. The lowest BCUT2D eigenvalue weighted by Gasteiger charge is -2.28. The number of nitrogen functional groups attached to an aromatic ring is 1. The SMILES string of the molecule is Cc1cc2nc(-c3cnc(N)nc3)nc(N3CCOCC3)c2s1. The van der Waals surface area contributed by atoms with E-state index < -0.39 is 0 Å². The van der Waals surface area contributed by atoms with Gasteiger partial charge in [0.15, 0.2) is 11.6 Å². The minimum atomic E-state index is 0.245. The molecule has 4 rings (SSSR count). The standard InChI is InChI=1S/C15H16N6OS/c1-9-6-11-12(23-9)14(21-2-4-22-5-3-21)20-13(19-11)10-7-17-15(16)18-8-10/h6-8H,2-5H2,1H3,(H2,16,17,18). The van der Waals surface area contributed by atoms with Crippen LogP contribution in [0.25, 0.3) is 21.6 Å². The molecule has 0 unspecified atom stereocenters. The summed E-state index contributed by atoms with van der Waals surface area (Å²) in [5.41, 5.74) is 7.28. The van der Waals surface area contributed by atoms with Gasteiger partial charge in [0.2, 0.25) is 5.95 Å². The molecule has 118 valence electrons. The van der Waals surface area contributed by atoms with E-state index in [1.54, 1.807) is 23.7 Å². The Balaban J connectivity index is 1.87. The first-order chi connectivity index (χ1) is 11.2. The van der Waals surface area contributed by atoms with Gasteiger partial charge in [0, 0.05) is 30.4 Å². The van der Waals surface area contributed by atoms with Crippen molar-refractivity contribution in [2.45, 2.75) is 6.92 Å². The van der Waals surface area contributed by atoms with Crippen LogP contribution in [-0.2, 0) is 4.74 Å². The molecule has 1 aliphatic heterocycles. The molecule has 0 saturated carbocycles. The molecule has 3 aromatic rings. The second-order valence-electron chi connectivity index (χ2n) is 5.37. The summed E-state index contributed by atoms with van der Waals surface area (Å²) in [6.07, 6.45) is 3.32. The van der Waals surface area contributed by atoms with Crippen LogP contribution in [0.1, 0.15) is 4.88 Å². The number of nitrogens with zero attached hydrogens (tertiary/aromatic N) is 5. The van der Waals surface area contributed by atoms with E-state index in [4.69, 9.17) is 15.5 Å². The van der Waals surface area contributed by atoms with Crippen molar-refractivity contribution < 1.29 is 4.74 Å². The number of nitrogens with two attached hydrogens (primary N) is 1. The van der Waals surface area contributed by atoms with Crippen molar-refractivity contribution in [3.8, 4) is 11.4 Å². The van der Waals surface area contributed by atoms with Crippen LogP contribution in [0.5, 0.6) is 0 Å². The Labute approximate surface area is 137 Å². The Hall–Kier alpha value is -2.32. The third-order valence-electron chi connectivity index (χ3n) is 3.72. The fourth-order valence-electron chi connectivity index (χ4n) is 2.61. The highest BCUT2D eigenvalue weighted by atomic mass is 32.1. The van der Waals surface area contributed by atoms with E-state index in [9.17, 15) is 0 Å². The minimum Gasteiger partial charge on any atom is -0.378 e. The Morgan fingerprint density at radius 1 is 1.17 bits per heavy atom. The summed E-state index contributed by atoms with van der Waals surface area (Å²) in [4.78, 5) is 21.0. The summed E-state index contributed by atoms with van der Waals surface area (Å²) in [5.74, 6) is 1.83. The molecule has 0 aliphatic carbocycles. The maximum absolute atomic E-state index is 5.56. The number of aryl methyl sites for hydroxylation is 1. The predicted octanol–water partition coefficient (Wildman–Crippen LogP) is 1.88. The van der Waals surface area contributed by atoms with Crippen molar-refractivity contribution >= 4 is 33.3 Å². The van der Waals surface area contributed by atoms with Gasteiger partial charge in [-0.2, -0.15) is 0 Å². The van der Waals surface area contributed by atoms with Gasteiger partial charge in [-0.1, -0.05) is 0 Å². The van der Waals surface area contributed by atoms with Gasteiger partial charge in [0.05, 0.1) is 29.0 Å². The molecule has 0 spiro atoms. The second-order valence-corrected chi connectivity index (χ2v) is 6.63. The lowest BCUT2D eigenvalue weighted by molar-refractivity contribution is 0.122. The number of thiophene rings is 1. The summed E-state index contributed by atoms with van der Waals surface area (Å²) >= 11 is 1.72. The molecule has 0 atom stereocenters. The number of hydrogen-bond acceptors (Lipinski definition) is 8. The van der Waals surface area contributed by atoms with Gasteiger partial charge in [-0.3, -0.25) is 0 Å². The highest BCUT2D eigenvalue weighted by molar-refractivity contribution is 7.19. The first kappa shape index (κ1) is 14.3. The maximum Gasteiger partial charge on any atom is 0.219 e. The van der Waals surface area contributed by atoms with Crippen LogP contribution in [0.3, 0.4) is 0 Å². The van der Waals surface area contributed by atoms with Crippen molar-refractivity contribution in [2.24, 2.45) is 0 Å². The minimum absolute atomic E-state index is 0.245. The fraction of sp³-hybridized carbons (Fsp3) is 0.333. The second kappa shape index (κ2) is 5.71. The van der Waals surface area contributed by atoms with E-state index in [-0.39, 0.29) is 5.95 Å². The van der Waals surface area contributed by atoms with Crippen LogP contribution in [0.15, 0.2) is 18.5 Å². The topological polar surface area (TPSA) is 90.0 Å². The van der Waals surface area contributed by atoms with Gasteiger partial charge in [0.1, 0.15) is 0 Å². The maximum atomic E-state index is 5.56. The monoisotopic (exact) mass is 328 g/mol. The Kier molecular flexibility index (Phi) is 3.55. The van der Waals surface area contributed by atoms with Crippen molar-refractivity contribution in [2.75, 3.05) is 36.9 Å². The summed E-state index contributed by atoms with van der Waals surface area (Å²) in [6.45, 7) is 5.19. The lowest BCUT2D eigenvalue weighted by Crippen LogP contribution is -2.36. The number of anilines is 2. The van der Waals surface area contributed by atoms with Crippen molar-refractivity contribution in [1.29, 1.82) is 0 Å². The highest BCUT2D eigenvalue weighted by Gasteiger charge is 2.19. The first-order valence-corrected chi connectivity index (χ1v) is 8.21. The van der Waals surface area contributed by atoms with Crippen molar-refractivity contribution in [3.63, 3.8) is 0 Å². The number of morpholine rings is 1. The zero-order valence-electron chi connectivity index (χ0n) is 12.7. The molecule has 0 amide bonds. The van der Waals surface area contributed by atoms with E-state index in [0.29, 0.717) is 5.82 Å². The average molecular weight is 328 g/mol. The number of fused-ring (bicyclic) bond motifs is 1. The van der Waals surface area contributed by atoms with Gasteiger partial charge in [-0.25, -0.2) is 19.9 Å². The van der Waals surface area contributed by atoms with Gasteiger partial charge in [0.25, 0.3) is 0 Å². The number of ether oxygens (including phenoxy) is 1. The molecule has 1 fully saturated rings. The molecule has 2 N–H and O–H groups in total. The molecular formula is C15H16N6OS. The fourth-order valence-corrected chi connectivity index (χ4v) is 3.57. The number of hydrogen-bond donors (Lipinski definition) is 1. The molecular weight excluding hydrogens is 312 g/mol. The zero-order valence-corrected chi connectivity index (χ0v) is 13.5. The third-order valence-corrected chi connectivity index (χ3v) is 4.75. The van der Waals surface area contributed by atoms with Crippen LogP contribution < -0.4 is 10.6 Å². The van der Waals surface area contributed by atoms with Crippen LogP contribution >= 0.6 is 11.3 Å². The molecule has 7 nitrogen and oxygen atoms in total. The molecule has 0 bridgehead atoms. The molecule has 8 heteroatoms. The zero-order chi connectivity index (χ0) is 15.8. The van der Waals surface area contributed by atoms with Crippen molar-refractivity contribution in [3.05, 3.63) is 23.3 Å². The predicted molar refractivity (Wildman–Crippen MR) is 90.6 cm³/mol. The van der Waals surface area contributed by atoms with E-state index >= 15 is 0 Å². The van der Waals surface area contributed by atoms with E-state index in [1.165, 1.54) is 4.88 Å². The first-order valence-electron chi connectivity index (χ1n) is 7.39. The average Bonchev–Trinajstić information content (AvgIpc) is 2.95. The van der Waals surface area contributed by atoms with Crippen LogP contribution in [-0.4, -0.2) is 46.2 Å². The molecule has 0 aromatic carbocycles. The van der Waals surface area contributed by atoms with Gasteiger partial charge in [-0.05, 0) is 13.0 Å². The third kappa shape index (κ3) is 2.71. The van der Waals surface area contributed by atoms with Crippen LogP contribution in [0.2, 0.25) is 0 Å². The Morgan fingerprint density at radius 2 is 1.91 bits per heavy atom. The molecule has 3 aromatic heterocycles. The van der Waals surface area contributed by atoms with Gasteiger partial charge < -0.3 is 15.4 Å². The highest BCUT2D eigenvalue weighted by Crippen LogP contribution is 2.33. The molecule has 1 aliphatic rings.